The first-order valence-corrected chi connectivity index (χ1v) is 8.83. The van der Waals surface area contributed by atoms with Crippen LogP contribution in [0, 0.1) is 0 Å². The standard InChI is InChI=1S/C19H20BrN3O3/c1-13(12-18(24)21-16-6-4-3-5-7-16)22-23-19(25)14(2)26-17-10-8-15(20)9-11-17/h3-11,14H,12H2,1-2H3,(H,21,24)(H,23,25)/b22-13-/t14-/m1/s1. The van der Waals surface area contributed by atoms with E-state index in [4.69, 9.17) is 4.74 Å². The number of nitrogens with zero attached hydrogens (tertiary/aromatic N) is 1. The van der Waals surface area contributed by atoms with Crippen LogP contribution in [0.4, 0.5) is 5.69 Å². The highest BCUT2D eigenvalue weighted by Crippen LogP contribution is 2.17. The molecular formula is C19H20BrN3O3. The van der Waals surface area contributed by atoms with Crippen LogP contribution in [-0.2, 0) is 9.59 Å². The van der Waals surface area contributed by atoms with Crippen LogP contribution in [0.15, 0.2) is 64.2 Å². The number of para-hydroxylation sites is 1. The summed E-state index contributed by atoms with van der Waals surface area (Å²) in [6, 6.07) is 16.3. The molecule has 0 bridgehead atoms. The Hall–Kier alpha value is -2.67. The maximum absolute atomic E-state index is 12.0. The Labute approximate surface area is 160 Å². The van der Waals surface area contributed by atoms with Crippen molar-refractivity contribution in [1.29, 1.82) is 0 Å². The lowest BCUT2D eigenvalue weighted by Gasteiger charge is -2.13. The quantitative estimate of drug-likeness (QED) is 0.531. The van der Waals surface area contributed by atoms with Crippen molar-refractivity contribution in [3.8, 4) is 5.75 Å². The Bertz CT molecular complexity index is 776. The molecule has 6 nitrogen and oxygen atoms in total. The Kier molecular flexibility index (Phi) is 7.35. The zero-order chi connectivity index (χ0) is 18.9. The molecule has 0 aromatic heterocycles. The first-order valence-electron chi connectivity index (χ1n) is 8.04. The third-order valence-electron chi connectivity index (χ3n) is 3.33. The fourth-order valence-corrected chi connectivity index (χ4v) is 2.28. The second-order valence-electron chi connectivity index (χ2n) is 5.63. The Morgan fingerprint density at radius 3 is 2.42 bits per heavy atom. The van der Waals surface area contributed by atoms with Crippen LogP contribution in [-0.4, -0.2) is 23.6 Å². The van der Waals surface area contributed by atoms with Crippen molar-refractivity contribution < 1.29 is 14.3 Å². The van der Waals surface area contributed by atoms with Gasteiger partial charge in [-0.3, -0.25) is 9.59 Å². The van der Waals surface area contributed by atoms with Crippen molar-refractivity contribution in [3.05, 3.63) is 59.1 Å². The molecular weight excluding hydrogens is 398 g/mol. The largest absolute Gasteiger partial charge is 0.481 e. The summed E-state index contributed by atoms with van der Waals surface area (Å²) in [5.74, 6) is -0.0135. The monoisotopic (exact) mass is 417 g/mol. The number of rotatable bonds is 7. The van der Waals surface area contributed by atoms with Gasteiger partial charge < -0.3 is 10.1 Å². The van der Waals surface area contributed by atoms with Crippen molar-refractivity contribution in [1.82, 2.24) is 5.43 Å². The van der Waals surface area contributed by atoms with Crippen LogP contribution >= 0.6 is 15.9 Å². The number of hydrogen-bond donors (Lipinski definition) is 2. The second kappa shape index (κ2) is 9.72. The zero-order valence-electron chi connectivity index (χ0n) is 14.5. The lowest BCUT2D eigenvalue weighted by Crippen LogP contribution is -2.34. The maximum Gasteiger partial charge on any atom is 0.280 e. The van der Waals surface area contributed by atoms with E-state index >= 15 is 0 Å². The number of hydrogen-bond acceptors (Lipinski definition) is 4. The molecule has 0 radical (unpaired) electrons. The Morgan fingerprint density at radius 1 is 1.12 bits per heavy atom. The van der Waals surface area contributed by atoms with Gasteiger partial charge in [-0.05, 0) is 50.2 Å². The summed E-state index contributed by atoms with van der Waals surface area (Å²) in [5.41, 5.74) is 3.62. The molecule has 1 atom stereocenters. The molecule has 2 aromatic rings. The molecule has 2 amide bonds. The molecule has 0 aliphatic heterocycles. The molecule has 0 unspecified atom stereocenters. The van der Waals surface area contributed by atoms with E-state index in [1.165, 1.54) is 0 Å². The number of carbonyl (C=O) groups excluding carboxylic acids is 2. The summed E-state index contributed by atoms with van der Waals surface area (Å²) in [6.07, 6.45) is -0.636. The highest BCUT2D eigenvalue weighted by molar-refractivity contribution is 9.10. The van der Waals surface area contributed by atoms with E-state index in [1.807, 2.05) is 30.3 Å². The number of anilines is 1. The Balaban J connectivity index is 1.80. The van der Waals surface area contributed by atoms with Crippen molar-refractivity contribution in [2.75, 3.05) is 5.32 Å². The third-order valence-corrected chi connectivity index (χ3v) is 3.86. The van der Waals surface area contributed by atoms with Gasteiger partial charge in [-0.25, -0.2) is 5.43 Å². The second-order valence-corrected chi connectivity index (χ2v) is 6.54. The molecule has 26 heavy (non-hydrogen) atoms. The summed E-state index contributed by atoms with van der Waals surface area (Å²) in [6.45, 7) is 3.30. The summed E-state index contributed by atoms with van der Waals surface area (Å²) in [5, 5.41) is 6.71. The highest BCUT2D eigenvalue weighted by Gasteiger charge is 2.14. The molecule has 0 saturated carbocycles. The van der Waals surface area contributed by atoms with Gasteiger partial charge in [0, 0.05) is 15.9 Å². The third kappa shape index (κ3) is 6.68. The van der Waals surface area contributed by atoms with Crippen molar-refractivity contribution in [2.45, 2.75) is 26.4 Å². The molecule has 0 aliphatic carbocycles. The predicted molar refractivity (Wildman–Crippen MR) is 105 cm³/mol. The van der Waals surface area contributed by atoms with Crippen molar-refractivity contribution >= 4 is 39.1 Å². The average Bonchev–Trinajstić information content (AvgIpc) is 2.62. The van der Waals surface area contributed by atoms with E-state index in [0.29, 0.717) is 17.1 Å². The lowest BCUT2D eigenvalue weighted by molar-refractivity contribution is -0.127. The Morgan fingerprint density at radius 2 is 1.77 bits per heavy atom. The van der Waals surface area contributed by atoms with Gasteiger partial charge in [-0.1, -0.05) is 34.1 Å². The summed E-state index contributed by atoms with van der Waals surface area (Å²) >= 11 is 3.34. The molecule has 0 aliphatic rings. The number of halogens is 1. The van der Waals surface area contributed by atoms with E-state index in [1.54, 1.807) is 38.1 Å². The number of benzene rings is 2. The minimum absolute atomic E-state index is 0.0805. The van der Waals surface area contributed by atoms with Crippen LogP contribution in [0.25, 0.3) is 0 Å². The lowest BCUT2D eigenvalue weighted by atomic mass is 10.2. The van der Waals surface area contributed by atoms with Gasteiger partial charge in [0.15, 0.2) is 6.10 Å². The average molecular weight is 418 g/mol. The van der Waals surface area contributed by atoms with Gasteiger partial charge in [0.1, 0.15) is 5.75 Å². The summed E-state index contributed by atoms with van der Waals surface area (Å²) < 4.78 is 6.47. The molecule has 0 fully saturated rings. The van der Waals surface area contributed by atoms with E-state index in [9.17, 15) is 9.59 Å². The van der Waals surface area contributed by atoms with E-state index in [2.05, 4.69) is 31.8 Å². The minimum Gasteiger partial charge on any atom is -0.481 e. The van der Waals surface area contributed by atoms with Crippen LogP contribution in [0.1, 0.15) is 20.3 Å². The molecule has 0 spiro atoms. The fraction of sp³-hybridized carbons (Fsp3) is 0.211. The molecule has 0 heterocycles. The fourth-order valence-electron chi connectivity index (χ4n) is 2.01. The maximum atomic E-state index is 12.0. The molecule has 136 valence electrons. The predicted octanol–water partition coefficient (Wildman–Crippen LogP) is 3.74. The van der Waals surface area contributed by atoms with E-state index < -0.39 is 12.0 Å². The number of carbonyl (C=O) groups is 2. The smallest absolute Gasteiger partial charge is 0.280 e. The zero-order valence-corrected chi connectivity index (χ0v) is 16.1. The van der Waals surface area contributed by atoms with Crippen molar-refractivity contribution in [3.63, 3.8) is 0 Å². The first-order chi connectivity index (χ1) is 12.4. The van der Waals surface area contributed by atoms with Gasteiger partial charge in [-0.15, -0.1) is 0 Å². The topological polar surface area (TPSA) is 79.8 Å². The minimum atomic E-state index is -0.717. The SMILES string of the molecule is C/C(CC(=O)Nc1ccccc1)=N/NC(=O)[C@@H](C)Oc1ccc(Br)cc1. The van der Waals surface area contributed by atoms with Gasteiger partial charge in [-0.2, -0.15) is 5.10 Å². The van der Waals surface area contributed by atoms with Crippen LogP contribution in [0.3, 0.4) is 0 Å². The van der Waals surface area contributed by atoms with Crippen LogP contribution < -0.4 is 15.5 Å². The molecule has 2 rings (SSSR count). The number of amides is 2. The molecule has 2 aromatic carbocycles. The van der Waals surface area contributed by atoms with E-state index in [0.717, 1.165) is 4.47 Å². The molecule has 7 heteroatoms. The molecule has 0 saturated heterocycles. The number of hydrazone groups is 1. The van der Waals surface area contributed by atoms with Gasteiger partial charge >= 0.3 is 0 Å². The number of nitrogens with one attached hydrogen (secondary N) is 2. The van der Waals surface area contributed by atoms with Crippen LogP contribution in [0.2, 0.25) is 0 Å². The van der Waals surface area contributed by atoms with Gasteiger partial charge in [0.05, 0.1) is 6.42 Å². The summed E-state index contributed by atoms with van der Waals surface area (Å²) in [4.78, 5) is 24.0. The van der Waals surface area contributed by atoms with Crippen LogP contribution in [0.5, 0.6) is 5.75 Å². The normalized spacial score (nSPS) is 12.2. The highest BCUT2D eigenvalue weighted by atomic mass is 79.9. The van der Waals surface area contributed by atoms with Gasteiger partial charge in [0.25, 0.3) is 5.91 Å². The molecule has 2 N–H and O–H groups in total. The summed E-state index contributed by atoms with van der Waals surface area (Å²) in [7, 11) is 0. The van der Waals surface area contributed by atoms with Crippen molar-refractivity contribution in [2.24, 2.45) is 5.10 Å². The van der Waals surface area contributed by atoms with Gasteiger partial charge in [0.2, 0.25) is 5.91 Å². The van der Waals surface area contributed by atoms with E-state index in [-0.39, 0.29) is 12.3 Å². The number of ether oxygens (including phenoxy) is 1. The first kappa shape index (κ1) is 19.7.